The van der Waals surface area contributed by atoms with E-state index in [0.717, 1.165) is 0 Å². The van der Waals surface area contributed by atoms with E-state index in [1.807, 2.05) is 19.0 Å². The first-order valence-electron chi connectivity index (χ1n) is 3.30. The number of carboxylic acids is 1. The van der Waals surface area contributed by atoms with E-state index in [2.05, 4.69) is 14.7 Å². The molecule has 66 valence electrons. The van der Waals surface area contributed by atoms with Crippen molar-refractivity contribution in [2.75, 3.05) is 14.1 Å². The normalized spacial score (nSPS) is 10.6. The highest BCUT2D eigenvalue weighted by Gasteiger charge is 2.12. The summed E-state index contributed by atoms with van der Waals surface area (Å²) >= 11 is 0. The van der Waals surface area contributed by atoms with Gasteiger partial charge in [-0.05, 0) is 14.1 Å². The Kier molecular flexibility index (Phi) is 2.39. The second-order valence-electron chi connectivity index (χ2n) is 2.56. The van der Waals surface area contributed by atoms with Crippen LogP contribution >= 0.6 is 0 Å². The van der Waals surface area contributed by atoms with E-state index in [4.69, 9.17) is 5.11 Å². The van der Waals surface area contributed by atoms with Gasteiger partial charge < -0.3 is 14.5 Å². The fourth-order valence-electron chi connectivity index (χ4n) is 0.688. The average molecular weight is 171 g/mol. The molecule has 0 aliphatic rings. The van der Waals surface area contributed by atoms with Crippen LogP contribution in [0.25, 0.3) is 0 Å². The Morgan fingerprint density at radius 2 is 2.33 bits per heavy atom. The molecule has 0 atom stereocenters. The highest BCUT2D eigenvalue weighted by Crippen LogP contribution is 1.98. The molecule has 12 heavy (non-hydrogen) atoms. The van der Waals surface area contributed by atoms with Crippen LogP contribution in [0.5, 0.6) is 0 Å². The van der Waals surface area contributed by atoms with E-state index in [9.17, 15) is 4.79 Å². The zero-order valence-electron chi connectivity index (χ0n) is 6.81. The second-order valence-corrected chi connectivity index (χ2v) is 2.56. The lowest BCUT2D eigenvalue weighted by Gasteiger charge is -2.02. The van der Waals surface area contributed by atoms with Crippen molar-refractivity contribution in [3.05, 3.63) is 11.7 Å². The minimum Gasteiger partial charge on any atom is -0.474 e. The lowest BCUT2D eigenvalue weighted by Crippen LogP contribution is -2.12. The number of hydrogen-bond acceptors (Lipinski definition) is 5. The predicted molar refractivity (Wildman–Crippen MR) is 38.6 cm³/mol. The summed E-state index contributed by atoms with van der Waals surface area (Å²) in [6.07, 6.45) is 0. The number of aromatic carboxylic acids is 1. The maximum atomic E-state index is 10.3. The molecule has 0 aromatic carbocycles. The van der Waals surface area contributed by atoms with Crippen molar-refractivity contribution in [1.82, 2.24) is 15.0 Å². The molecule has 1 heterocycles. The Morgan fingerprint density at radius 1 is 1.67 bits per heavy atom. The molecule has 1 aromatic rings. The summed E-state index contributed by atoms with van der Waals surface area (Å²) in [5.41, 5.74) is 0. The lowest BCUT2D eigenvalue weighted by molar-refractivity contribution is 0.0643. The number of carboxylic acid groups (broad SMARTS) is 1. The molecule has 0 spiro atoms. The van der Waals surface area contributed by atoms with Crippen molar-refractivity contribution in [3.8, 4) is 0 Å². The maximum absolute atomic E-state index is 10.3. The van der Waals surface area contributed by atoms with E-state index >= 15 is 0 Å². The van der Waals surface area contributed by atoms with Crippen LogP contribution in [0.15, 0.2) is 4.52 Å². The monoisotopic (exact) mass is 171 g/mol. The van der Waals surface area contributed by atoms with Crippen LogP contribution in [0, 0.1) is 0 Å². The highest BCUT2D eigenvalue weighted by molar-refractivity contribution is 5.81. The van der Waals surface area contributed by atoms with Gasteiger partial charge in [-0.3, -0.25) is 0 Å². The van der Waals surface area contributed by atoms with Crippen LogP contribution in [0.3, 0.4) is 0 Å². The molecule has 0 unspecified atom stereocenters. The molecule has 0 radical (unpaired) electrons. The summed E-state index contributed by atoms with van der Waals surface area (Å²) in [7, 11) is 3.66. The van der Waals surface area contributed by atoms with E-state index < -0.39 is 5.97 Å². The van der Waals surface area contributed by atoms with Crippen LogP contribution in [0.1, 0.15) is 16.5 Å². The quantitative estimate of drug-likeness (QED) is 0.680. The maximum Gasteiger partial charge on any atom is 0.394 e. The third kappa shape index (κ3) is 2.03. The number of rotatable bonds is 3. The smallest absolute Gasteiger partial charge is 0.394 e. The minimum atomic E-state index is -1.20. The lowest BCUT2D eigenvalue weighted by atomic mass is 10.5. The van der Waals surface area contributed by atoms with Crippen molar-refractivity contribution in [1.29, 1.82) is 0 Å². The Bertz CT molecular complexity index is 281. The van der Waals surface area contributed by atoms with Gasteiger partial charge in [-0.25, -0.2) is 4.79 Å². The summed E-state index contributed by atoms with van der Waals surface area (Å²) in [6, 6.07) is 0. The van der Waals surface area contributed by atoms with Crippen molar-refractivity contribution in [2.45, 2.75) is 6.54 Å². The Labute approximate surface area is 68.8 Å². The summed E-state index contributed by atoms with van der Waals surface area (Å²) in [4.78, 5) is 15.7. The van der Waals surface area contributed by atoms with E-state index in [1.165, 1.54) is 0 Å². The van der Waals surface area contributed by atoms with Crippen LogP contribution in [0.2, 0.25) is 0 Å². The second kappa shape index (κ2) is 3.31. The SMILES string of the molecule is CN(C)Cc1noc(C(=O)O)n1. The molecule has 0 aliphatic carbocycles. The van der Waals surface area contributed by atoms with Gasteiger partial charge in [-0.1, -0.05) is 5.16 Å². The number of carbonyl (C=O) groups is 1. The molecule has 0 saturated carbocycles. The summed E-state index contributed by atoms with van der Waals surface area (Å²) in [5.74, 6) is -1.20. The van der Waals surface area contributed by atoms with E-state index in [-0.39, 0.29) is 5.89 Å². The molecule has 1 aromatic heterocycles. The summed E-state index contributed by atoms with van der Waals surface area (Å²) in [5, 5.41) is 11.9. The zero-order valence-corrected chi connectivity index (χ0v) is 6.81. The number of hydrogen-bond donors (Lipinski definition) is 1. The van der Waals surface area contributed by atoms with E-state index in [1.54, 1.807) is 0 Å². The van der Waals surface area contributed by atoms with Crippen molar-refractivity contribution in [3.63, 3.8) is 0 Å². The minimum absolute atomic E-state index is 0.369. The number of aromatic nitrogens is 2. The average Bonchev–Trinajstić information content (AvgIpc) is 2.34. The fourth-order valence-corrected chi connectivity index (χ4v) is 0.688. The third-order valence-corrected chi connectivity index (χ3v) is 1.11. The first-order chi connectivity index (χ1) is 5.59. The van der Waals surface area contributed by atoms with Crippen molar-refractivity contribution < 1.29 is 14.4 Å². The molecule has 1 rings (SSSR count). The van der Waals surface area contributed by atoms with Gasteiger partial charge >= 0.3 is 11.9 Å². The van der Waals surface area contributed by atoms with E-state index in [0.29, 0.717) is 12.4 Å². The fraction of sp³-hybridized carbons (Fsp3) is 0.500. The van der Waals surface area contributed by atoms with Crippen LogP contribution in [-0.4, -0.2) is 40.2 Å². The Balaban J connectivity index is 2.71. The standard InChI is InChI=1S/C6H9N3O3/c1-9(2)3-4-7-5(6(10)11)12-8-4/h3H2,1-2H3,(H,10,11). The van der Waals surface area contributed by atoms with Gasteiger partial charge in [0.2, 0.25) is 0 Å². The molecular formula is C6H9N3O3. The van der Waals surface area contributed by atoms with Gasteiger partial charge in [0.15, 0.2) is 5.82 Å². The predicted octanol–water partition coefficient (Wildman–Crippen LogP) is -0.171. The van der Waals surface area contributed by atoms with Crippen LogP contribution in [0.4, 0.5) is 0 Å². The first kappa shape index (κ1) is 8.66. The molecule has 0 fully saturated rings. The topological polar surface area (TPSA) is 79.5 Å². The van der Waals surface area contributed by atoms with Crippen molar-refractivity contribution in [2.24, 2.45) is 0 Å². The molecule has 6 heteroatoms. The molecule has 0 bridgehead atoms. The number of nitrogens with zero attached hydrogens (tertiary/aromatic N) is 3. The third-order valence-electron chi connectivity index (χ3n) is 1.11. The Morgan fingerprint density at radius 3 is 2.75 bits per heavy atom. The van der Waals surface area contributed by atoms with Gasteiger partial charge in [-0.15, -0.1) is 0 Å². The highest BCUT2D eigenvalue weighted by atomic mass is 16.5. The molecule has 0 aliphatic heterocycles. The van der Waals surface area contributed by atoms with Gasteiger partial charge in [0.05, 0.1) is 6.54 Å². The molecular weight excluding hydrogens is 162 g/mol. The first-order valence-corrected chi connectivity index (χ1v) is 3.30. The van der Waals surface area contributed by atoms with Crippen molar-refractivity contribution >= 4 is 5.97 Å². The summed E-state index contributed by atoms with van der Waals surface area (Å²) < 4.78 is 4.44. The molecule has 0 amide bonds. The van der Waals surface area contributed by atoms with Gasteiger partial charge in [0, 0.05) is 0 Å². The zero-order chi connectivity index (χ0) is 9.14. The summed E-state index contributed by atoms with van der Waals surface area (Å²) in [6.45, 7) is 0.469. The Hall–Kier alpha value is -1.43. The van der Waals surface area contributed by atoms with Gasteiger partial charge in [-0.2, -0.15) is 4.98 Å². The van der Waals surface area contributed by atoms with Crippen LogP contribution < -0.4 is 0 Å². The molecule has 6 nitrogen and oxygen atoms in total. The van der Waals surface area contributed by atoms with Gasteiger partial charge in [0.25, 0.3) is 0 Å². The molecule has 0 saturated heterocycles. The van der Waals surface area contributed by atoms with Crippen LogP contribution in [-0.2, 0) is 6.54 Å². The largest absolute Gasteiger partial charge is 0.474 e. The molecule has 1 N–H and O–H groups in total. The van der Waals surface area contributed by atoms with Gasteiger partial charge in [0.1, 0.15) is 0 Å².